The van der Waals surface area contributed by atoms with E-state index in [1.165, 1.54) is 0 Å². The SMILES string of the molecule is Cc1ccccc1OCc1cccc(C)c1NC(=O)NN(C)C. The highest BCUT2D eigenvalue weighted by atomic mass is 16.5. The number of ether oxygens (including phenoxy) is 1. The molecule has 0 unspecified atom stereocenters. The Hall–Kier alpha value is -2.53. The van der Waals surface area contributed by atoms with Crippen LogP contribution in [0.3, 0.4) is 0 Å². The summed E-state index contributed by atoms with van der Waals surface area (Å²) in [6, 6.07) is 13.5. The summed E-state index contributed by atoms with van der Waals surface area (Å²) in [5.74, 6) is 0.845. The van der Waals surface area contributed by atoms with Crippen LogP contribution in [-0.2, 0) is 6.61 Å². The first kappa shape index (κ1) is 16.8. The molecule has 0 saturated carbocycles. The molecule has 2 N–H and O–H groups in total. The van der Waals surface area contributed by atoms with Gasteiger partial charge in [0.25, 0.3) is 0 Å². The number of rotatable bonds is 5. The first-order valence-electron chi connectivity index (χ1n) is 7.49. The van der Waals surface area contributed by atoms with Crippen LogP contribution in [0.25, 0.3) is 0 Å². The van der Waals surface area contributed by atoms with E-state index in [9.17, 15) is 4.79 Å². The van der Waals surface area contributed by atoms with Crippen LogP contribution in [-0.4, -0.2) is 25.1 Å². The number of anilines is 1. The lowest BCUT2D eigenvalue weighted by atomic mass is 10.1. The molecule has 0 aliphatic heterocycles. The van der Waals surface area contributed by atoms with Crippen LogP contribution >= 0.6 is 0 Å². The second-order valence-electron chi connectivity index (χ2n) is 5.62. The normalized spacial score (nSPS) is 10.5. The van der Waals surface area contributed by atoms with Gasteiger partial charge in [0.1, 0.15) is 12.4 Å². The average Bonchev–Trinajstić information content (AvgIpc) is 2.48. The lowest BCUT2D eigenvalue weighted by Gasteiger charge is -2.17. The van der Waals surface area contributed by atoms with Gasteiger partial charge in [0.2, 0.25) is 0 Å². The van der Waals surface area contributed by atoms with Gasteiger partial charge in [-0.15, -0.1) is 0 Å². The molecule has 23 heavy (non-hydrogen) atoms. The molecule has 0 heterocycles. The standard InChI is InChI=1S/C18H23N3O2/c1-13-8-5-6-11-16(13)23-12-15-10-7-9-14(2)17(15)19-18(22)20-21(3)4/h5-11H,12H2,1-4H3,(H2,19,20,22). The highest BCUT2D eigenvalue weighted by molar-refractivity contribution is 5.90. The molecular formula is C18H23N3O2. The van der Waals surface area contributed by atoms with Crippen molar-refractivity contribution < 1.29 is 9.53 Å². The smallest absolute Gasteiger partial charge is 0.333 e. The van der Waals surface area contributed by atoms with Gasteiger partial charge in [0.15, 0.2) is 0 Å². The molecule has 2 rings (SSSR count). The van der Waals surface area contributed by atoms with Crippen LogP contribution in [0.2, 0.25) is 0 Å². The number of amides is 2. The van der Waals surface area contributed by atoms with E-state index in [-0.39, 0.29) is 6.03 Å². The maximum absolute atomic E-state index is 12.0. The highest BCUT2D eigenvalue weighted by Gasteiger charge is 2.11. The van der Waals surface area contributed by atoms with E-state index in [0.29, 0.717) is 6.61 Å². The summed E-state index contributed by atoms with van der Waals surface area (Å²) in [5, 5.41) is 4.48. The second kappa shape index (κ2) is 7.65. The molecule has 0 aromatic heterocycles. The van der Waals surface area contributed by atoms with Crippen molar-refractivity contribution in [1.82, 2.24) is 10.4 Å². The van der Waals surface area contributed by atoms with Gasteiger partial charge >= 0.3 is 6.03 Å². The zero-order valence-corrected chi connectivity index (χ0v) is 14.0. The third-order valence-corrected chi connectivity index (χ3v) is 3.40. The van der Waals surface area contributed by atoms with Crippen molar-refractivity contribution in [3.8, 4) is 5.75 Å². The Morgan fingerprint density at radius 1 is 1.04 bits per heavy atom. The van der Waals surface area contributed by atoms with E-state index in [2.05, 4.69) is 10.7 Å². The number of nitrogens with zero attached hydrogens (tertiary/aromatic N) is 1. The summed E-state index contributed by atoms with van der Waals surface area (Å²) in [5.41, 5.74) is 6.46. The molecule has 0 saturated heterocycles. The van der Waals surface area contributed by atoms with Crippen molar-refractivity contribution in [1.29, 1.82) is 0 Å². The number of hydrogen-bond acceptors (Lipinski definition) is 3. The summed E-state index contributed by atoms with van der Waals surface area (Å²) in [4.78, 5) is 12.0. The molecule has 5 heteroatoms. The molecule has 2 amide bonds. The Bertz CT molecular complexity index is 684. The van der Waals surface area contributed by atoms with Crippen LogP contribution in [0, 0.1) is 13.8 Å². The second-order valence-corrected chi connectivity index (χ2v) is 5.62. The van der Waals surface area contributed by atoms with Gasteiger partial charge in [0, 0.05) is 19.7 Å². The van der Waals surface area contributed by atoms with E-state index < -0.39 is 0 Å². The van der Waals surface area contributed by atoms with E-state index in [4.69, 9.17) is 4.74 Å². The zero-order valence-electron chi connectivity index (χ0n) is 14.0. The summed E-state index contributed by atoms with van der Waals surface area (Å²) >= 11 is 0. The van der Waals surface area contributed by atoms with Gasteiger partial charge in [-0.2, -0.15) is 0 Å². The maximum Gasteiger partial charge on any atom is 0.333 e. The van der Waals surface area contributed by atoms with Crippen molar-refractivity contribution in [3.05, 3.63) is 59.2 Å². The minimum Gasteiger partial charge on any atom is -0.489 e. The zero-order chi connectivity index (χ0) is 16.8. The number of hydrazine groups is 1. The molecule has 0 spiro atoms. The molecular weight excluding hydrogens is 290 g/mol. The molecule has 0 atom stereocenters. The fourth-order valence-corrected chi connectivity index (χ4v) is 2.25. The first-order valence-corrected chi connectivity index (χ1v) is 7.49. The quantitative estimate of drug-likeness (QED) is 0.831. The minimum atomic E-state index is -0.276. The van der Waals surface area contributed by atoms with Gasteiger partial charge < -0.3 is 10.1 Å². The average molecular weight is 313 g/mol. The molecule has 2 aromatic carbocycles. The molecule has 5 nitrogen and oxygen atoms in total. The summed E-state index contributed by atoms with van der Waals surface area (Å²) in [6.45, 7) is 4.36. The fourth-order valence-electron chi connectivity index (χ4n) is 2.25. The van der Waals surface area contributed by atoms with E-state index in [0.717, 1.165) is 28.1 Å². The number of carbonyl (C=O) groups is 1. The summed E-state index contributed by atoms with van der Waals surface area (Å²) in [6.07, 6.45) is 0. The van der Waals surface area contributed by atoms with Crippen molar-refractivity contribution in [2.24, 2.45) is 0 Å². The molecule has 122 valence electrons. The van der Waals surface area contributed by atoms with Crippen molar-refractivity contribution >= 4 is 11.7 Å². The number of benzene rings is 2. The fraction of sp³-hybridized carbons (Fsp3) is 0.278. The van der Waals surface area contributed by atoms with Crippen LogP contribution < -0.4 is 15.5 Å². The van der Waals surface area contributed by atoms with Gasteiger partial charge in [-0.05, 0) is 31.0 Å². The maximum atomic E-state index is 12.0. The van der Waals surface area contributed by atoms with E-state index >= 15 is 0 Å². The Balaban J connectivity index is 2.14. The molecule has 2 aromatic rings. The van der Waals surface area contributed by atoms with Crippen LogP contribution in [0.4, 0.5) is 10.5 Å². The van der Waals surface area contributed by atoms with Crippen LogP contribution in [0.5, 0.6) is 5.75 Å². The van der Waals surface area contributed by atoms with Gasteiger partial charge in [-0.25, -0.2) is 9.80 Å². The Morgan fingerprint density at radius 3 is 2.43 bits per heavy atom. The van der Waals surface area contributed by atoms with Gasteiger partial charge in [-0.3, -0.25) is 5.43 Å². The number of hydrogen-bond donors (Lipinski definition) is 2. The molecule has 0 aliphatic rings. The predicted molar refractivity (Wildman–Crippen MR) is 92.5 cm³/mol. The highest BCUT2D eigenvalue weighted by Crippen LogP contribution is 2.24. The van der Waals surface area contributed by atoms with Crippen LogP contribution in [0.15, 0.2) is 42.5 Å². The summed E-state index contributed by atoms with van der Waals surface area (Å²) < 4.78 is 5.90. The summed E-state index contributed by atoms with van der Waals surface area (Å²) in [7, 11) is 3.53. The van der Waals surface area contributed by atoms with E-state index in [1.54, 1.807) is 19.1 Å². The first-order chi connectivity index (χ1) is 11.0. The molecule has 0 radical (unpaired) electrons. The van der Waals surface area contributed by atoms with Gasteiger partial charge in [-0.1, -0.05) is 36.4 Å². The monoisotopic (exact) mass is 313 g/mol. The third-order valence-electron chi connectivity index (χ3n) is 3.40. The predicted octanol–water partition coefficient (Wildman–Crippen LogP) is 3.48. The Morgan fingerprint density at radius 2 is 1.74 bits per heavy atom. The number of aryl methyl sites for hydroxylation is 2. The molecule has 0 fully saturated rings. The van der Waals surface area contributed by atoms with Crippen molar-refractivity contribution in [3.63, 3.8) is 0 Å². The van der Waals surface area contributed by atoms with E-state index in [1.807, 2.05) is 56.3 Å². The lowest BCUT2D eigenvalue weighted by Crippen LogP contribution is -2.39. The number of nitrogens with one attached hydrogen (secondary N) is 2. The molecule has 0 aliphatic carbocycles. The van der Waals surface area contributed by atoms with Crippen molar-refractivity contribution in [2.45, 2.75) is 20.5 Å². The number of carbonyl (C=O) groups excluding carboxylic acids is 1. The molecule has 0 bridgehead atoms. The lowest BCUT2D eigenvalue weighted by molar-refractivity contribution is 0.224. The topological polar surface area (TPSA) is 53.6 Å². The minimum absolute atomic E-state index is 0.276. The largest absolute Gasteiger partial charge is 0.489 e. The third kappa shape index (κ3) is 4.72. The number of urea groups is 1. The Kier molecular flexibility index (Phi) is 5.60. The number of para-hydroxylation sites is 2. The Labute approximate surface area is 137 Å². The van der Waals surface area contributed by atoms with Crippen molar-refractivity contribution in [2.75, 3.05) is 19.4 Å². The van der Waals surface area contributed by atoms with Crippen LogP contribution in [0.1, 0.15) is 16.7 Å². The van der Waals surface area contributed by atoms with Gasteiger partial charge in [0.05, 0.1) is 5.69 Å².